The van der Waals surface area contributed by atoms with E-state index in [2.05, 4.69) is 17.1 Å². The number of ketones is 1. The summed E-state index contributed by atoms with van der Waals surface area (Å²) in [6.07, 6.45) is 7.29. The van der Waals surface area contributed by atoms with Crippen molar-refractivity contribution < 1.29 is 23.5 Å². The first kappa shape index (κ1) is 25.4. The zero-order chi connectivity index (χ0) is 26.9. The van der Waals surface area contributed by atoms with Crippen molar-refractivity contribution in [1.82, 2.24) is 9.91 Å². The molecule has 6 rings (SSSR count). The van der Waals surface area contributed by atoms with E-state index in [9.17, 15) is 9.59 Å². The van der Waals surface area contributed by atoms with Gasteiger partial charge in [0.05, 0.1) is 38.4 Å². The van der Waals surface area contributed by atoms with Crippen LogP contribution >= 0.6 is 0 Å². The van der Waals surface area contributed by atoms with E-state index in [0.29, 0.717) is 23.8 Å². The molecule has 1 amide bonds. The highest BCUT2D eigenvalue weighted by molar-refractivity contribution is 6.07. The van der Waals surface area contributed by atoms with Crippen LogP contribution in [-0.4, -0.2) is 67.2 Å². The molecule has 2 aromatic carbocycles. The Balaban J connectivity index is 1.18. The van der Waals surface area contributed by atoms with Gasteiger partial charge in [0.15, 0.2) is 17.3 Å². The summed E-state index contributed by atoms with van der Waals surface area (Å²) in [6, 6.07) is 15.3. The number of carbonyl (C=O) groups excluding carboxylic acids is 2. The minimum absolute atomic E-state index is 0.00273. The molecule has 3 aliphatic rings. The molecule has 2 unspecified atom stereocenters. The van der Waals surface area contributed by atoms with Gasteiger partial charge < -0.3 is 13.9 Å². The Hall–Kier alpha value is -3.91. The second kappa shape index (κ2) is 10.7. The van der Waals surface area contributed by atoms with Gasteiger partial charge in [-0.1, -0.05) is 30.4 Å². The number of nitrogens with zero attached hydrogens (tertiary/aromatic N) is 3. The van der Waals surface area contributed by atoms with Crippen molar-refractivity contribution in [3.63, 3.8) is 0 Å². The van der Waals surface area contributed by atoms with Gasteiger partial charge in [0.25, 0.3) is 0 Å². The molecule has 8 nitrogen and oxygen atoms in total. The third-order valence-corrected chi connectivity index (χ3v) is 8.19. The zero-order valence-electron chi connectivity index (χ0n) is 22.3. The first-order chi connectivity index (χ1) is 19.1. The zero-order valence-corrected chi connectivity index (χ0v) is 22.3. The Morgan fingerprint density at radius 1 is 0.974 bits per heavy atom. The van der Waals surface area contributed by atoms with Gasteiger partial charge in [-0.15, -0.1) is 0 Å². The summed E-state index contributed by atoms with van der Waals surface area (Å²) in [5, 5.41) is 7.67. The lowest BCUT2D eigenvalue weighted by Crippen LogP contribution is -2.52. The van der Waals surface area contributed by atoms with Gasteiger partial charge in [0.2, 0.25) is 11.7 Å². The maximum Gasteiger partial charge on any atom is 0.247 e. The van der Waals surface area contributed by atoms with Crippen molar-refractivity contribution in [3.8, 4) is 11.5 Å². The molecule has 1 saturated heterocycles. The number of carbonyl (C=O) groups is 2. The van der Waals surface area contributed by atoms with Gasteiger partial charge in [0.1, 0.15) is 5.58 Å². The fourth-order valence-electron chi connectivity index (χ4n) is 6.05. The summed E-state index contributed by atoms with van der Waals surface area (Å²) in [4.78, 5) is 28.7. The van der Waals surface area contributed by atoms with E-state index < -0.39 is 0 Å². The number of Topliss-reactive ketones (excluding diaryl/α,β-unsaturated/α-hetero) is 1. The topological polar surface area (TPSA) is 84.6 Å². The summed E-state index contributed by atoms with van der Waals surface area (Å²) in [5.74, 6) is 1.70. The fourth-order valence-corrected chi connectivity index (χ4v) is 6.05. The average Bonchev–Trinajstić information content (AvgIpc) is 3.42. The van der Waals surface area contributed by atoms with Gasteiger partial charge in [0, 0.05) is 30.0 Å². The largest absolute Gasteiger partial charge is 0.493 e. The number of para-hydroxylation sites is 1. The molecular weight excluding hydrogens is 494 g/mol. The molecule has 2 aliphatic heterocycles. The van der Waals surface area contributed by atoms with Crippen molar-refractivity contribution in [3.05, 3.63) is 72.0 Å². The van der Waals surface area contributed by atoms with E-state index in [0.717, 1.165) is 61.0 Å². The third-order valence-electron chi connectivity index (χ3n) is 8.19. The number of benzene rings is 2. The van der Waals surface area contributed by atoms with Crippen LogP contribution in [0.15, 0.2) is 70.2 Å². The quantitative estimate of drug-likeness (QED) is 0.320. The first-order valence-corrected chi connectivity index (χ1v) is 13.6. The monoisotopic (exact) mass is 527 g/mol. The Morgan fingerprint density at radius 3 is 2.46 bits per heavy atom. The van der Waals surface area contributed by atoms with Crippen LogP contribution in [0.2, 0.25) is 0 Å². The number of hydrogen-bond acceptors (Lipinski definition) is 7. The summed E-state index contributed by atoms with van der Waals surface area (Å²) < 4.78 is 16.7. The average molecular weight is 528 g/mol. The highest BCUT2D eigenvalue weighted by atomic mass is 16.5. The SMILES string of the molecule is COc1ccc(C2=NN(C3CCN(CC(=O)c4cc5ccccc5o4)CC3)C(=O)C3CC=CCC23)cc1OC. The van der Waals surface area contributed by atoms with E-state index in [1.807, 2.05) is 48.5 Å². The Morgan fingerprint density at radius 2 is 1.72 bits per heavy atom. The summed E-state index contributed by atoms with van der Waals surface area (Å²) >= 11 is 0. The Kier molecular flexibility index (Phi) is 6.95. The van der Waals surface area contributed by atoms with E-state index in [1.165, 1.54) is 0 Å². The van der Waals surface area contributed by atoms with E-state index in [4.69, 9.17) is 19.0 Å². The molecule has 3 aromatic rings. The predicted molar refractivity (Wildman–Crippen MR) is 148 cm³/mol. The van der Waals surface area contributed by atoms with Gasteiger partial charge in [-0.2, -0.15) is 5.10 Å². The molecule has 0 bridgehead atoms. The lowest BCUT2D eigenvalue weighted by molar-refractivity contribution is -0.141. The normalized spacial score (nSPS) is 22.1. The molecule has 3 heterocycles. The predicted octanol–water partition coefficient (Wildman–Crippen LogP) is 4.93. The van der Waals surface area contributed by atoms with Crippen molar-refractivity contribution >= 4 is 28.4 Å². The molecule has 1 aliphatic carbocycles. The van der Waals surface area contributed by atoms with E-state index >= 15 is 0 Å². The van der Waals surface area contributed by atoms with Crippen LogP contribution in [0, 0.1) is 11.8 Å². The van der Waals surface area contributed by atoms with E-state index in [-0.39, 0.29) is 29.6 Å². The number of hydrazone groups is 1. The van der Waals surface area contributed by atoms with Crippen molar-refractivity contribution in [2.24, 2.45) is 16.9 Å². The lowest BCUT2D eigenvalue weighted by atomic mass is 9.76. The molecule has 39 heavy (non-hydrogen) atoms. The Bertz CT molecular complexity index is 1420. The number of likely N-dealkylation sites (tertiary alicyclic amines) is 1. The van der Waals surface area contributed by atoms with Crippen LogP contribution in [0.4, 0.5) is 0 Å². The van der Waals surface area contributed by atoms with E-state index in [1.54, 1.807) is 19.2 Å². The van der Waals surface area contributed by atoms with Crippen LogP contribution in [0.5, 0.6) is 11.5 Å². The number of rotatable bonds is 7. The molecule has 8 heteroatoms. The van der Waals surface area contributed by atoms with Gasteiger partial charge in [-0.05, 0) is 56.0 Å². The number of fused-ring (bicyclic) bond motifs is 2. The summed E-state index contributed by atoms with van der Waals surface area (Å²) in [7, 11) is 3.24. The smallest absolute Gasteiger partial charge is 0.247 e. The van der Waals surface area contributed by atoms with Crippen molar-refractivity contribution in [1.29, 1.82) is 0 Å². The van der Waals surface area contributed by atoms with Crippen molar-refractivity contribution in [2.45, 2.75) is 31.7 Å². The standard InChI is InChI=1S/C31H33N3O5/c1-37-27-12-11-21(18-29(27)38-2)30-23-8-4-5-9-24(23)31(36)34(32-30)22-13-15-33(16-14-22)19-25(35)28-17-20-7-3-6-10-26(20)39-28/h3-7,10-12,17-18,22-24H,8-9,13-16,19H2,1-2H3. The minimum atomic E-state index is -0.122. The minimum Gasteiger partial charge on any atom is -0.493 e. The number of furan rings is 1. The second-order valence-corrected chi connectivity index (χ2v) is 10.5. The first-order valence-electron chi connectivity index (χ1n) is 13.6. The fraction of sp³-hybridized carbons (Fsp3) is 0.387. The maximum absolute atomic E-state index is 13.6. The number of allylic oxidation sites excluding steroid dienone is 2. The van der Waals surface area contributed by atoms with Gasteiger partial charge in [-0.25, -0.2) is 5.01 Å². The van der Waals surface area contributed by atoms with Gasteiger partial charge >= 0.3 is 0 Å². The number of hydrogen-bond donors (Lipinski definition) is 0. The molecule has 2 atom stereocenters. The molecular formula is C31H33N3O5. The maximum atomic E-state index is 13.6. The van der Waals surface area contributed by atoms with Crippen LogP contribution in [0.1, 0.15) is 41.8 Å². The van der Waals surface area contributed by atoms with Gasteiger partial charge in [-0.3, -0.25) is 14.5 Å². The molecule has 0 saturated carbocycles. The summed E-state index contributed by atoms with van der Waals surface area (Å²) in [5.41, 5.74) is 2.60. The molecule has 202 valence electrons. The highest BCUT2D eigenvalue weighted by Gasteiger charge is 2.43. The molecule has 1 aromatic heterocycles. The summed E-state index contributed by atoms with van der Waals surface area (Å²) in [6.45, 7) is 1.74. The van der Waals surface area contributed by atoms with Crippen molar-refractivity contribution in [2.75, 3.05) is 33.9 Å². The molecule has 0 N–H and O–H groups in total. The molecule has 0 spiro atoms. The molecule has 1 fully saturated rings. The highest BCUT2D eigenvalue weighted by Crippen LogP contribution is 2.38. The van der Waals surface area contributed by atoms with Crippen LogP contribution < -0.4 is 9.47 Å². The number of ether oxygens (including phenoxy) is 2. The number of methoxy groups -OCH3 is 2. The van der Waals surface area contributed by atoms with Crippen LogP contribution in [-0.2, 0) is 4.79 Å². The Labute approximate surface area is 227 Å². The number of amides is 1. The second-order valence-electron chi connectivity index (χ2n) is 10.5. The third kappa shape index (κ3) is 4.85. The number of piperidine rings is 1. The van der Waals surface area contributed by atoms with Crippen LogP contribution in [0.3, 0.4) is 0 Å². The molecule has 0 radical (unpaired) electrons. The van der Waals surface area contributed by atoms with Crippen LogP contribution in [0.25, 0.3) is 11.0 Å². The lowest BCUT2D eigenvalue weighted by Gasteiger charge is -2.42.